The van der Waals surface area contributed by atoms with Gasteiger partial charge in [-0.15, -0.1) is 0 Å². The van der Waals surface area contributed by atoms with Crippen LogP contribution in [0.5, 0.6) is 0 Å². The molecule has 0 saturated heterocycles. The van der Waals surface area contributed by atoms with Gasteiger partial charge in [0.15, 0.2) is 6.29 Å². The zero-order valence-electron chi connectivity index (χ0n) is 7.70. The van der Waals surface area contributed by atoms with E-state index in [1.54, 1.807) is 0 Å². The normalized spacial score (nSPS) is 16.9. The lowest BCUT2D eigenvalue weighted by molar-refractivity contribution is -0.177. The summed E-state index contributed by atoms with van der Waals surface area (Å²) >= 11 is 0. The highest BCUT2D eigenvalue weighted by Gasteiger charge is 2.22. The number of rotatable bonds is 5. The highest BCUT2D eigenvalue weighted by Crippen LogP contribution is 2.13. The molecule has 0 radical (unpaired) electrons. The summed E-state index contributed by atoms with van der Waals surface area (Å²) in [7, 11) is 3.06. The topological polar surface area (TPSA) is 38.7 Å². The minimum Gasteiger partial charge on any atom is -0.388 e. The van der Waals surface area contributed by atoms with Crippen molar-refractivity contribution >= 4 is 0 Å². The van der Waals surface area contributed by atoms with Crippen LogP contribution in [-0.2, 0) is 9.47 Å². The van der Waals surface area contributed by atoms with E-state index < -0.39 is 12.4 Å². The molecule has 3 heteroatoms. The Morgan fingerprint density at radius 1 is 1.27 bits per heavy atom. The third kappa shape index (κ3) is 3.18. The number of aliphatic hydroxyl groups is 1. The van der Waals surface area contributed by atoms with E-state index in [4.69, 9.17) is 9.47 Å². The van der Waals surface area contributed by atoms with Crippen molar-refractivity contribution in [1.29, 1.82) is 0 Å². The molecule has 0 rings (SSSR count). The molecule has 0 aromatic carbocycles. The standard InChI is InChI=1S/C8H18O3/c1-5-6(2)7(9)8(10-3)11-4/h6-9H,5H2,1-4H3. The van der Waals surface area contributed by atoms with Gasteiger partial charge >= 0.3 is 0 Å². The molecule has 0 heterocycles. The van der Waals surface area contributed by atoms with Crippen molar-refractivity contribution in [2.75, 3.05) is 14.2 Å². The van der Waals surface area contributed by atoms with E-state index in [2.05, 4.69) is 0 Å². The fraction of sp³-hybridized carbons (Fsp3) is 1.00. The predicted octanol–water partition coefficient (Wildman–Crippen LogP) is 1.01. The average molecular weight is 162 g/mol. The van der Waals surface area contributed by atoms with Gasteiger partial charge in [-0.05, 0) is 5.92 Å². The zero-order valence-corrected chi connectivity index (χ0v) is 7.70. The molecule has 0 fully saturated rings. The third-order valence-corrected chi connectivity index (χ3v) is 1.97. The molecule has 2 atom stereocenters. The van der Waals surface area contributed by atoms with E-state index >= 15 is 0 Å². The van der Waals surface area contributed by atoms with E-state index in [-0.39, 0.29) is 5.92 Å². The Labute approximate surface area is 68.3 Å². The minimum absolute atomic E-state index is 0.208. The molecule has 0 aliphatic carbocycles. The SMILES string of the molecule is CCC(C)C(O)C(OC)OC. The molecule has 3 nitrogen and oxygen atoms in total. The Morgan fingerprint density at radius 3 is 2.00 bits per heavy atom. The van der Waals surface area contributed by atoms with Gasteiger partial charge in [-0.25, -0.2) is 0 Å². The van der Waals surface area contributed by atoms with Gasteiger partial charge in [0.05, 0.1) is 0 Å². The fourth-order valence-electron chi connectivity index (χ4n) is 0.885. The van der Waals surface area contributed by atoms with Crippen LogP contribution in [0.15, 0.2) is 0 Å². The van der Waals surface area contributed by atoms with Crippen molar-refractivity contribution < 1.29 is 14.6 Å². The summed E-state index contributed by atoms with van der Waals surface area (Å²) in [6.45, 7) is 3.99. The predicted molar refractivity (Wildman–Crippen MR) is 43.3 cm³/mol. The van der Waals surface area contributed by atoms with Crippen molar-refractivity contribution in [1.82, 2.24) is 0 Å². The first-order chi connectivity index (χ1) is 5.17. The minimum atomic E-state index is -0.532. The fourth-order valence-corrected chi connectivity index (χ4v) is 0.885. The van der Waals surface area contributed by atoms with Gasteiger partial charge in [-0.2, -0.15) is 0 Å². The van der Waals surface area contributed by atoms with Crippen LogP contribution >= 0.6 is 0 Å². The smallest absolute Gasteiger partial charge is 0.182 e. The lowest BCUT2D eigenvalue weighted by Gasteiger charge is -2.24. The van der Waals surface area contributed by atoms with Gasteiger partial charge in [-0.3, -0.25) is 0 Å². The largest absolute Gasteiger partial charge is 0.388 e. The molecule has 11 heavy (non-hydrogen) atoms. The quantitative estimate of drug-likeness (QED) is 0.613. The van der Waals surface area contributed by atoms with Gasteiger partial charge in [0, 0.05) is 14.2 Å². The van der Waals surface area contributed by atoms with Crippen LogP contribution in [0.25, 0.3) is 0 Å². The molecule has 0 aromatic heterocycles. The summed E-state index contributed by atoms with van der Waals surface area (Å²) in [6, 6.07) is 0. The van der Waals surface area contributed by atoms with Crippen molar-refractivity contribution in [2.45, 2.75) is 32.7 Å². The Balaban J connectivity index is 3.86. The van der Waals surface area contributed by atoms with E-state index in [1.165, 1.54) is 14.2 Å². The summed E-state index contributed by atoms with van der Waals surface area (Å²) in [5.74, 6) is 0.208. The average Bonchev–Trinajstić information content (AvgIpc) is 2.05. The van der Waals surface area contributed by atoms with E-state index in [9.17, 15) is 5.11 Å². The maximum Gasteiger partial charge on any atom is 0.182 e. The van der Waals surface area contributed by atoms with Gasteiger partial charge in [0.1, 0.15) is 6.10 Å². The van der Waals surface area contributed by atoms with Crippen LogP contribution in [0.1, 0.15) is 20.3 Å². The molecule has 0 amide bonds. The number of methoxy groups -OCH3 is 2. The molecule has 68 valence electrons. The van der Waals surface area contributed by atoms with Gasteiger partial charge in [0.2, 0.25) is 0 Å². The molecular weight excluding hydrogens is 144 g/mol. The maximum absolute atomic E-state index is 9.53. The number of ether oxygens (including phenoxy) is 2. The second-order valence-corrected chi connectivity index (χ2v) is 2.72. The van der Waals surface area contributed by atoms with E-state index in [1.807, 2.05) is 13.8 Å². The molecule has 0 aromatic rings. The van der Waals surface area contributed by atoms with Crippen LogP contribution in [0.4, 0.5) is 0 Å². The molecule has 0 saturated carbocycles. The molecule has 0 aliphatic heterocycles. The zero-order chi connectivity index (χ0) is 8.85. The van der Waals surface area contributed by atoms with Crippen LogP contribution in [0, 0.1) is 5.92 Å². The van der Waals surface area contributed by atoms with Crippen LogP contribution in [0.3, 0.4) is 0 Å². The van der Waals surface area contributed by atoms with Crippen LogP contribution in [0.2, 0.25) is 0 Å². The number of hydrogen-bond donors (Lipinski definition) is 1. The Morgan fingerprint density at radius 2 is 1.73 bits per heavy atom. The molecule has 0 aliphatic rings. The van der Waals surface area contributed by atoms with Crippen molar-refractivity contribution in [3.8, 4) is 0 Å². The first-order valence-electron chi connectivity index (χ1n) is 3.91. The Bertz CT molecular complexity index is 91.3. The second kappa shape index (κ2) is 5.52. The molecule has 0 bridgehead atoms. The number of aliphatic hydroxyl groups excluding tert-OH is 1. The van der Waals surface area contributed by atoms with Crippen molar-refractivity contribution in [3.63, 3.8) is 0 Å². The first kappa shape index (κ1) is 10.9. The van der Waals surface area contributed by atoms with Gasteiger partial charge in [-0.1, -0.05) is 20.3 Å². The molecule has 0 spiro atoms. The second-order valence-electron chi connectivity index (χ2n) is 2.72. The summed E-state index contributed by atoms with van der Waals surface area (Å²) < 4.78 is 9.82. The lowest BCUT2D eigenvalue weighted by atomic mass is 10.0. The van der Waals surface area contributed by atoms with E-state index in [0.29, 0.717) is 0 Å². The van der Waals surface area contributed by atoms with Crippen molar-refractivity contribution in [3.05, 3.63) is 0 Å². The van der Waals surface area contributed by atoms with Crippen molar-refractivity contribution in [2.24, 2.45) is 5.92 Å². The first-order valence-corrected chi connectivity index (χ1v) is 3.91. The van der Waals surface area contributed by atoms with Gasteiger partial charge in [0.25, 0.3) is 0 Å². The summed E-state index contributed by atoms with van der Waals surface area (Å²) in [5.41, 5.74) is 0. The maximum atomic E-state index is 9.53. The third-order valence-electron chi connectivity index (χ3n) is 1.97. The van der Waals surface area contributed by atoms with E-state index in [0.717, 1.165) is 6.42 Å². The van der Waals surface area contributed by atoms with Gasteiger partial charge < -0.3 is 14.6 Å². The van der Waals surface area contributed by atoms with Crippen LogP contribution in [-0.4, -0.2) is 31.7 Å². The molecular formula is C8H18O3. The summed E-state index contributed by atoms with van der Waals surface area (Å²) in [5, 5.41) is 9.53. The monoisotopic (exact) mass is 162 g/mol. The van der Waals surface area contributed by atoms with Crippen LogP contribution < -0.4 is 0 Å². The summed E-state index contributed by atoms with van der Waals surface area (Å²) in [6.07, 6.45) is -0.107. The molecule has 2 unspecified atom stereocenters. The molecule has 1 N–H and O–H groups in total. The summed E-state index contributed by atoms with van der Waals surface area (Å²) in [4.78, 5) is 0. The lowest BCUT2D eigenvalue weighted by Crippen LogP contribution is -2.34. The Kier molecular flexibility index (Phi) is 5.46. The highest BCUT2D eigenvalue weighted by molar-refractivity contribution is 4.65. The highest BCUT2D eigenvalue weighted by atomic mass is 16.7. The Hall–Kier alpha value is -0.120. The number of hydrogen-bond acceptors (Lipinski definition) is 3.